The number of fused-ring (bicyclic) bond motifs is 1. The predicted molar refractivity (Wildman–Crippen MR) is 121 cm³/mol. The smallest absolute Gasteiger partial charge is 0.243 e. The van der Waals surface area contributed by atoms with Gasteiger partial charge in [-0.15, -0.1) is 0 Å². The largest absolute Gasteiger partial charge is 0.396 e. The normalized spacial score (nSPS) is 28.5. The number of unbranched alkanes of at least 4 members (excludes halogenated alkanes) is 1. The van der Waals surface area contributed by atoms with Gasteiger partial charge in [-0.05, 0) is 44.4 Å². The number of amides is 3. The van der Waals surface area contributed by atoms with Crippen LogP contribution in [-0.2, 0) is 14.4 Å². The highest BCUT2D eigenvalue weighted by Crippen LogP contribution is 2.44. The van der Waals surface area contributed by atoms with E-state index < -0.39 is 23.4 Å². The molecule has 1 aliphatic heterocycles. The van der Waals surface area contributed by atoms with Crippen molar-refractivity contribution >= 4 is 17.7 Å². The topological polar surface area (TPSA) is 98.7 Å². The number of hydrogen-bond acceptors (Lipinski definition) is 4. The van der Waals surface area contributed by atoms with Crippen molar-refractivity contribution in [3.8, 4) is 0 Å². The Morgan fingerprint density at radius 2 is 1.74 bits per heavy atom. The summed E-state index contributed by atoms with van der Waals surface area (Å²) in [5.41, 5.74) is -0.394. The van der Waals surface area contributed by atoms with Crippen molar-refractivity contribution in [3.05, 3.63) is 12.2 Å². The summed E-state index contributed by atoms with van der Waals surface area (Å²) in [6.07, 6.45) is 5.89. The lowest BCUT2D eigenvalue weighted by molar-refractivity contribution is -0.141. The van der Waals surface area contributed by atoms with Gasteiger partial charge in [0.25, 0.3) is 0 Å². The third kappa shape index (κ3) is 5.88. The van der Waals surface area contributed by atoms with Crippen LogP contribution >= 0.6 is 0 Å². The monoisotopic (exact) mass is 435 g/mol. The molecule has 1 aliphatic carbocycles. The lowest BCUT2D eigenvalue weighted by atomic mass is 9.70. The summed E-state index contributed by atoms with van der Waals surface area (Å²) in [6.45, 7) is 12.8. The minimum atomic E-state index is -0.647. The van der Waals surface area contributed by atoms with Crippen LogP contribution in [0.5, 0.6) is 0 Å². The zero-order valence-electron chi connectivity index (χ0n) is 20.2. The first-order valence-corrected chi connectivity index (χ1v) is 11.5. The van der Waals surface area contributed by atoms with Crippen LogP contribution in [0.3, 0.4) is 0 Å². The van der Waals surface area contributed by atoms with Gasteiger partial charge in [0.1, 0.15) is 6.04 Å². The second-order valence-corrected chi connectivity index (χ2v) is 11.0. The van der Waals surface area contributed by atoms with Crippen molar-refractivity contribution in [1.82, 2.24) is 15.5 Å². The average Bonchev–Trinajstić information content (AvgIpc) is 2.91. The van der Waals surface area contributed by atoms with Gasteiger partial charge in [-0.3, -0.25) is 14.4 Å². The predicted octanol–water partition coefficient (Wildman–Crippen LogP) is 2.10. The van der Waals surface area contributed by atoms with Crippen molar-refractivity contribution in [1.29, 1.82) is 0 Å². The lowest BCUT2D eigenvalue weighted by Gasteiger charge is -2.37. The highest BCUT2D eigenvalue weighted by Gasteiger charge is 2.56. The summed E-state index contributed by atoms with van der Waals surface area (Å²) >= 11 is 0. The van der Waals surface area contributed by atoms with Crippen LogP contribution in [0.1, 0.15) is 60.8 Å². The molecule has 0 unspecified atom stereocenters. The van der Waals surface area contributed by atoms with E-state index in [1.807, 2.05) is 32.9 Å². The van der Waals surface area contributed by atoms with Crippen molar-refractivity contribution in [2.45, 2.75) is 72.4 Å². The number of rotatable bonds is 8. The minimum Gasteiger partial charge on any atom is -0.396 e. The highest BCUT2D eigenvalue weighted by molar-refractivity contribution is 5.96. The van der Waals surface area contributed by atoms with Gasteiger partial charge in [-0.1, -0.05) is 39.8 Å². The molecule has 2 aliphatic rings. The first-order valence-electron chi connectivity index (χ1n) is 11.5. The molecule has 31 heavy (non-hydrogen) atoms. The summed E-state index contributed by atoms with van der Waals surface area (Å²) in [4.78, 5) is 41.3. The first kappa shape index (κ1) is 25.4. The van der Waals surface area contributed by atoms with E-state index in [1.54, 1.807) is 11.9 Å². The van der Waals surface area contributed by atoms with Gasteiger partial charge >= 0.3 is 0 Å². The molecular formula is C24H41N3O4. The third-order valence-corrected chi connectivity index (χ3v) is 6.33. The van der Waals surface area contributed by atoms with Gasteiger partial charge in [0.15, 0.2) is 0 Å². The van der Waals surface area contributed by atoms with E-state index in [9.17, 15) is 19.5 Å². The van der Waals surface area contributed by atoms with E-state index in [4.69, 9.17) is 0 Å². The Balaban J connectivity index is 2.37. The molecule has 0 aromatic heterocycles. The minimum absolute atomic E-state index is 0.0378. The molecule has 0 bridgehead atoms. The Labute approximate surface area is 187 Å². The van der Waals surface area contributed by atoms with Gasteiger partial charge in [0, 0.05) is 31.7 Å². The molecule has 0 saturated carbocycles. The number of hydrogen-bond donors (Lipinski definition) is 3. The van der Waals surface area contributed by atoms with Crippen LogP contribution < -0.4 is 10.6 Å². The van der Waals surface area contributed by atoms with Crippen LogP contribution in [0, 0.1) is 29.1 Å². The molecule has 2 rings (SSSR count). The Hall–Kier alpha value is -1.89. The molecule has 7 heteroatoms. The lowest BCUT2D eigenvalue weighted by Crippen LogP contribution is -2.54. The maximum absolute atomic E-state index is 13.5. The van der Waals surface area contributed by atoms with Gasteiger partial charge in [-0.2, -0.15) is 0 Å². The molecule has 3 amide bonds. The summed E-state index contributed by atoms with van der Waals surface area (Å²) in [7, 11) is 1.58. The van der Waals surface area contributed by atoms with E-state index in [0.717, 1.165) is 6.42 Å². The summed E-state index contributed by atoms with van der Waals surface area (Å²) < 4.78 is 0. The number of likely N-dealkylation sites (tertiary alicyclic amines) is 1. The number of nitrogens with zero attached hydrogens (tertiary/aromatic N) is 1. The van der Waals surface area contributed by atoms with E-state index in [1.165, 1.54) is 0 Å². The molecule has 0 spiro atoms. The highest BCUT2D eigenvalue weighted by atomic mass is 16.3. The molecule has 1 heterocycles. The number of nitrogens with one attached hydrogen (secondary N) is 2. The third-order valence-electron chi connectivity index (χ3n) is 6.33. The number of carbonyl (C=O) groups excluding carboxylic acids is 3. The van der Waals surface area contributed by atoms with Crippen LogP contribution in [0.2, 0.25) is 0 Å². The molecule has 0 aromatic carbocycles. The van der Waals surface area contributed by atoms with Crippen molar-refractivity contribution in [2.24, 2.45) is 29.1 Å². The van der Waals surface area contributed by atoms with Crippen molar-refractivity contribution in [3.63, 3.8) is 0 Å². The van der Waals surface area contributed by atoms with Crippen molar-refractivity contribution < 1.29 is 19.5 Å². The van der Waals surface area contributed by atoms with E-state index in [0.29, 0.717) is 19.4 Å². The fourth-order valence-electron chi connectivity index (χ4n) is 5.57. The van der Waals surface area contributed by atoms with E-state index in [-0.39, 0.29) is 41.6 Å². The number of allylic oxidation sites excluding steroid dienone is 1. The molecule has 1 fully saturated rings. The standard InChI is InChI=1S/C24H41N3O4/c1-15-10-11-16-18(17(15)20(29)25-7)22(31)27(12-8-9-13-28)19(16)21(30)26-24(5,6)14-23(2,3)4/h10-11,15-19,28H,8-9,12-14H2,1-7H3,(H,25,29)(H,26,30)/t15-,16+,17-,18+,19+/m1/s1. The summed E-state index contributed by atoms with van der Waals surface area (Å²) in [6, 6.07) is -0.647. The van der Waals surface area contributed by atoms with Crippen LogP contribution in [0.25, 0.3) is 0 Å². The zero-order chi connectivity index (χ0) is 23.6. The van der Waals surface area contributed by atoms with Gasteiger partial charge < -0.3 is 20.6 Å². The molecule has 3 N–H and O–H groups in total. The second kappa shape index (κ2) is 9.72. The SMILES string of the molecule is CNC(=O)[C@H]1[C@H]2C(=O)N(CCCCO)[C@H](C(=O)NC(C)(C)CC(C)(C)C)[C@H]2C=C[C@H]1C. The number of aliphatic hydroxyl groups excluding tert-OH is 1. The Bertz CT molecular complexity index is 710. The Morgan fingerprint density at radius 1 is 1.10 bits per heavy atom. The Morgan fingerprint density at radius 3 is 2.29 bits per heavy atom. The maximum atomic E-state index is 13.5. The summed E-state index contributed by atoms with van der Waals surface area (Å²) in [5.74, 6) is -1.93. The quantitative estimate of drug-likeness (QED) is 0.402. The maximum Gasteiger partial charge on any atom is 0.243 e. The average molecular weight is 436 g/mol. The fourth-order valence-corrected chi connectivity index (χ4v) is 5.57. The van der Waals surface area contributed by atoms with Crippen LogP contribution in [0.15, 0.2) is 12.2 Å². The zero-order valence-corrected chi connectivity index (χ0v) is 20.2. The molecular weight excluding hydrogens is 394 g/mol. The van der Waals surface area contributed by atoms with Gasteiger partial charge in [0.2, 0.25) is 17.7 Å². The van der Waals surface area contributed by atoms with E-state index in [2.05, 4.69) is 31.4 Å². The molecule has 0 radical (unpaired) electrons. The molecule has 1 saturated heterocycles. The second-order valence-electron chi connectivity index (χ2n) is 11.0. The number of carbonyl (C=O) groups is 3. The summed E-state index contributed by atoms with van der Waals surface area (Å²) in [5, 5.41) is 15.1. The molecule has 176 valence electrons. The van der Waals surface area contributed by atoms with Crippen LogP contribution in [-0.4, -0.2) is 59.5 Å². The molecule has 5 atom stereocenters. The molecule has 7 nitrogen and oxygen atoms in total. The number of aliphatic hydroxyl groups is 1. The fraction of sp³-hybridized carbons (Fsp3) is 0.792. The first-order chi connectivity index (χ1) is 14.3. The Kier molecular flexibility index (Phi) is 7.95. The van der Waals surface area contributed by atoms with Gasteiger partial charge in [0.05, 0.1) is 11.8 Å². The van der Waals surface area contributed by atoms with Crippen LogP contribution in [0.4, 0.5) is 0 Å². The van der Waals surface area contributed by atoms with Crippen molar-refractivity contribution in [2.75, 3.05) is 20.2 Å². The van der Waals surface area contributed by atoms with Gasteiger partial charge in [-0.25, -0.2) is 0 Å². The van der Waals surface area contributed by atoms with E-state index >= 15 is 0 Å². The molecule has 0 aromatic rings.